The molecule has 1 saturated carbocycles. The van der Waals surface area contributed by atoms with Crippen LogP contribution in [0.2, 0.25) is 0 Å². The van der Waals surface area contributed by atoms with Crippen molar-refractivity contribution < 1.29 is 27.1 Å². The van der Waals surface area contributed by atoms with E-state index in [9.17, 15) is 22.4 Å². The third-order valence-corrected chi connectivity index (χ3v) is 7.06. The fraction of sp³-hybridized carbons (Fsp3) is 0.619. The molecule has 0 unspecified atom stereocenters. The van der Waals surface area contributed by atoms with Gasteiger partial charge in [-0.15, -0.1) is 0 Å². The Hall–Kier alpha value is -2.04. The zero-order chi connectivity index (χ0) is 22.3. The lowest BCUT2D eigenvalue weighted by atomic mass is 9.95. The number of amides is 2. The van der Waals surface area contributed by atoms with Gasteiger partial charge in [-0.3, -0.25) is 9.59 Å². The maximum atomic E-state index is 13.1. The monoisotopic (exact) mass is 455 g/mol. The molecule has 0 radical (unpaired) electrons. The van der Waals surface area contributed by atoms with E-state index in [1.807, 2.05) is 0 Å². The third kappa shape index (κ3) is 7.26. The molecule has 3 rings (SSSR count). The number of halogens is 1. The normalized spacial score (nSPS) is 19.8. The van der Waals surface area contributed by atoms with E-state index in [0.717, 1.165) is 62.8 Å². The second kappa shape index (κ2) is 11.0. The van der Waals surface area contributed by atoms with Crippen molar-refractivity contribution in [3.05, 3.63) is 30.1 Å². The minimum Gasteiger partial charge on any atom is -0.376 e. The van der Waals surface area contributed by atoms with Crippen molar-refractivity contribution in [2.24, 2.45) is 0 Å². The molecule has 172 valence electrons. The molecule has 1 heterocycles. The van der Waals surface area contributed by atoms with Crippen LogP contribution in [-0.2, 0) is 24.3 Å². The van der Waals surface area contributed by atoms with Crippen molar-refractivity contribution in [3.8, 4) is 0 Å². The zero-order valence-electron chi connectivity index (χ0n) is 17.5. The predicted molar refractivity (Wildman–Crippen MR) is 112 cm³/mol. The maximum absolute atomic E-state index is 13.1. The van der Waals surface area contributed by atoms with Crippen LogP contribution in [-0.4, -0.2) is 63.5 Å². The van der Waals surface area contributed by atoms with Crippen molar-refractivity contribution >= 4 is 21.8 Å². The number of nitrogens with zero attached hydrogens (tertiary/aromatic N) is 1. The van der Waals surface area contributed by atoms with E-state index in [2.05, 4.69) is 10.0 Å². The standard InChI is InChI=1S/C21H30FN3O5S/c22-16-8-10-19(11-9-16)31(28,29)23-13-21(27)25(14-18-7-4-12-30-18)15-20(26)24-17-5-2-1-3-6-17/h8-11,17-18,23H,1-7,12-15H2,(H,24,26)/t18-/m1/s1. The SMILES string of the molecule is O=C(CN(C[C@H]1CCCO1)C(=O)CNS(=O)(=O)c1ccc(F)cc1)NC1CCCCC1. The van der Waals surface area contributed by atoms with Gasteiger partial charge >= 0.3 is 0 Å². The minimum atomic E-state index is -3.98. The molecule has 1 aromatic rings. The Balaban J connectivity index is 1.59. The summed E-state index contributed by atoms with van der Waals surface area (Å²) in [6, 6.07) is 4.46. The van der Waals surface area contributed by atoms with Gasteiger partial charge in [-0.1, -0.05) is 19.3 Å². The number of sulfonamides is 1. The first kappa shape index (κ1) is 23.6. The number of carbonyl (C=O) groups is 2. The molecule has 0 aromatic heterocycles. The van der Waals surface area contributed by atoms with E-state index < -0.39 is 28.3 Å². The first-order chi connectivity index (χ1) is 14.8. The molecule has 2 aliphatic rings. The van der Waals surface area contributed by atoms with Gasteiger partial charge in [0, 0.05) is 19.2 Å². The average molecular weight is 456 g/mol. The molecule has 1 saturated heterocycles. The Kier molecular flexibility index (Phi) is 8.39. The molecule has 2 amide bonds. The van der Waals surface area contributed by atoms with Crippen LogP contribution in [0.5, 0.6) is 0 Å². The summed E-state index contributed by atoms with van der Waals surface area (Å²) in [5, 5.41) is 2.98. The summed E-state index contributed by atoms with van der Waals surface area (Å²) in [4.78, 5) is 26.5. The molecule has 2 N–H and O–H groups in total. The molecular formula is C21H30FN3O5S. The first-order valence-corrected chi connectivity index (χ1v) is 12.3. The van der Waals surface area contributed by atoms with Crippen molar-refractivity contribution in [1.29, 1.82) is 0 Å². The quantitative estimate of drug-likeness (QED) is 0.588. The number of hydrogen-bond donors (Lipinski definition) is 2. The Bertz CT molecular complexity index is 850. The molecule has 1 atom stereocenters. The molecule has 2 fully saturated rings. The molecule has 1 aliphatic carbocycles. The lowest BCUT2D eigenvalue weighted by Gasteiger charge is -2.27. The first-order valence-electron chi connectivity index (χ1n) is 10.8. The average Bonchev–Trinajstić information content (AvgIpc) is 3.26. The summed E-state index contributed by atoms with van der Waals surface area (Å²) >= 11 is 0. The molecule has 0 spiro atoms. The Morgan fingerprint density at radius 1 is 1.06 bits per heavy atom. The highest BCUT2D eigenvalue weighted by Gasteiger charge is 2.26. The van der Waals surface area contributed by atoms with Crippen LogP contribution in [0.25, 0.3) is 0 Å². The Labute approximate surface area is 182 Å². The third-order valence-electron chi connectivity index (χ3n) is 5.64. The molecule has 0 bridgehead atoms. The van der Waals surface area contributed by atoms with Gasteiger partial charge in [0.15, 0.2) is 0 Å². The second-order valence-electron chi connectivity index (χ2n) is 8.09. The summed E-state index contributed by atoms with van der Waals surface area (Å²) in [6.45, 7) is 0.198. The van der Waals surface area contributed by atoms with Crippen LogP contribution < -0.4 is 10.0 Å². The fourth-order valence-corrected chi connectivity index (χ4v) is 4.92. The van der Waals surface area contributed by atoms with Gasteiger partial charge < -0.3 is 15.0 Å². The molecule has 1 aromatic carbocycles. The van der Waals surface area contributed by atoms with E-state index in [1.54, 1.807) is 0 Å². The van der Waals surface area contributed by atoms with E-state index in [0.29, 0.717) is 6.61 Å². The number of carbonyl (C=O) groups excluding carboxylic acids is 2. The number of nitrogens with one attached hydrogen (secondary N) is 2. The zero-order valence-corrected chi connectivity index (χ0v) is 18.3. The highest BCUT2D eigenvalue weighted by Crippen LogP contribution is 2.18. The second-order valence-corrected chi connectivity index (χ2v) is 9.86. The summed E-state index contributed by atoms with van der Waals surface area (Å²) in [5.41, 5.74) is 0. The van der Waals surface area contributed by atoms with Crippen LogP contribution in [0, 0.1) is 5.82 Å². The van der Waals surface area contributed by atoms with Gasteiger partial charge in [0.1, 0.15) is 5.82 Å². The van der Waals surface area contributed by atoms with Crippen LogP contribution in [0.4, 0.5) is 4.39 Å². The largest absolute Gasteiger partial charge is 0.376 e. The molecule has 8 nitrogen and oxygen atoms in total. The minimum absolute atomic E-state index is 0.123. The number of benzene rings is 1. The van der Waals surface area contributed by atoms with Crippen LogP contribution >= 0.6 is 0 Å². The van der Waals surface area contributed by atoms with Crippen LogP contribution in [0.15, 0.2) is 29.2 Å². The van der Waals surface area contributed by atoms with Crippen molar-refractivity contribution in [2.75, 3.05) is 26.2 Å². The van der Waals surface area contributed by atoms with Gasteiger partial charge in [0.25, 0.3) is 0 Å². The van der Waals surface area contributed by atoms with Gasteiger partial charge in [-0.05, 0) is 49.9 Å². The highest BCUT2D eigenvalue weighted by atomic mass is 32.2. The molecular weight excluding hydrogens is 425 g/mol. The van der Waals surface area contributed by atoms with E-state index in [4.69, 9.17) is 4.74 Å². The summed E-state index contributed by atoms with van der Waals surface area (Å²) < 4.78 is 45.7. The van der Waals surface area contributed by atoms with Crippen molar-refractivity contribution in [1.82, 2.24) is 14.9 Å². The molecule has 1 aliphatic heterocycles. The molecule has 31 heavy (non-hydrogen) atoms. The number of ether oxygens (including phenoxy) is 1. The van der Waals surface area contributed by atoms with Crippen LogP contribution in [0.1, 0.15) is 44.9 Å². The fourth-order valence-electron chi connectivity index (χ4n) is 3.95. The lowest BCUT2D eigenvalue weighted by Crippen LogP contribution is -2.49. The number of hydrogen-bond acceptors (Lipinski definition) is 5. The van der Waals surface area contributed by atoms with E-state index in [-0.39, 0.29) is 36.0 Å². The maximum Gasteiger partial charge on any atom is 0.241 e. The van der Waals surface area contributed by atoms with Gasteiger partial charge in [-0.2, -0.15) is 0 Å². The Morgan fingerprint density at radius 3 is 2.42 bits per heavy atom. The predicted octanol–water partition coefficient (Wildman–Crippen LogP) is 1.56. The highest BCUT2D eigenvalue weighted by molar-refractivity contribution is 7.89. The summed E-state index contributed by atoms with van der Waals surface area (Å²) in [6.07, 6.45) is 6.70. The lowest BCUT2D eigenvalue weighted by molar-refractivity contribution is -0.136. The van der Waals surface area contributed by atoms with Crippen molar-refractivity contribution in [3.63, 3.8) is 0 Å². The number of rotatable bonds is 9. The Morgan fingerprint density at radius 2 is 1.77 bits per heavy atom. The topological polar surface area (TPSA) is 105 Å². The summed E-state index contributed by atoms with van der Waals surface area (Å²) in [5.74, 6) is -1.32. The summed E-state index contributed by atoms with van der Waals surface area (Å²) in [7, 11) is -3.98. The smallest absolute Gasteiger partial charge is 0.241 e. The van der Waals surface area contributed by atoms with Crippen LogP contribution in [0.3, 0.4) is 0 Å². The van der Waals surface area contributed by atoms with Gasteiger partial charge in [-0.25, -0.2) is 17.5 Å². The van der Waals surface area contributed by atoms with E-state index in [1.165, 1.54) is 11.3 Å². The van der Waals surface area contributed by atoms with Crippen molar-refractivity contribution in [2.45, 2.75) is 62.0 Å². The van der Waals surface area contributed by atoms with Gasteiger partial charge in [0.2, 0.25) is 21.8 Å². The molecule has 10 heteroatoms. The van der Waals surface area contributed by atoms with E-state index >= 15 is 0 Å². The van der Waals surface area contributed by atoms with Gasteiger partial charge in [0.05, 0.1) is 24.1 Å².